The topological polar surface area (TPSA) is 73.0 Å². The third-order valence-corrected chi connectivity index (χ3v) is 8.94. The van der Waals surface area contributed by atoms with Crippen molar-refractivity contribution in [1.82, 2.24) is 15.1 Å². The summed E-state index contributed by atoms with van der Waals surface area (Å²) in [6.45, 7) is 2.29. The first-order chi connectivity index (χ1) is 19.1. The van der Waals surface area contributed by atoms with Crippen LogP contribution < -0.4 is 10.2 Å². The average molecular weight is 521 g/mol. The van der Waals surface area contributed by atoms with Crippen molar-refractivity contribution in [2.75, 3.05) is 18.0 Å². The fraction of sp³-hybridized carbons (Fsp3) is 0.344. The van der Waals surface area contributed by atoms with E-state index in [-0.39, 0.29) is 30.2 Å². The van der Waals surface area contributed by atoms with E-state index >= 15 is 0 Å². The molecule has 7 nitrogen and oxygen atoms in total. The number of piperidine rings is 1. The van der Waals surface area contributed by atoms with E-state index in [2.05, 4.69) is 87.9 Å². The predicted octanol–water partition coefficient (Wildman–Crippen LogP) is 3.89. The molecule has 4 heterocycles. The Balaban J connectivity index is 1.12. The fourth-order valence-electron chi connectivity index (χ4n) is 7.13. The predicted molar refractivity (Wildman–Crippen MR) is 148 cm³/mol. The summed E-state index contributed by atoms with van der Waals surface area (Å²) in [5.74, 6) is -0.755. The zero-order valence-corrected chi connectivity index (χ0v) is 21.8. The lowest BCUT2D eigenvalue weighted by Gasteiger charge is -2.46. The third-order valence-electron chi connectivity index (χ3n) is 8.94. The number of nitrogens with zero attached hydrogens (tertiary/aromatic N) is 3. The van der Waals surface area contributed by atoms with E-state index in [4.69, 9.17) is 0 Å². The van der Waals surface area contributed by atoms with Crippen molar-refractivity contribution in [3.05, 3.63) is 101 Å². The van der Waals surface area contributed by atoms with Gasteiger partial charge in [0.2, 0.25) is 11.8 Å². The van der Waals surface area contributed by atoms with Crippen LogP contribution in [0.1, 0.15) is 58.8 Å². The van der Waals surface area contributed by atoms with Gasteiger partial charge < -0.3 is 9.80 Å². The van der Waals surface area contributed by atoms with Gasteiger partial charge in [0.25, 0.3) is 5.91 Å². The molecule has 3 aromatic carbocycles. The Morgan fingerprint density at radius 1 is 0.769 bits per heavy atom. The van der Waals surface area contributed by atoms with Crippen LogP contribution in [0, 0.1) is 0 Å². The monoisotopic (exact) mass is 520 g/mol. The van der Waals surface area contributed by atoms with E-state index in [0.717, 1.165) is 24.3 Å². The summed E-state index contributed by atoms with van der Waals surface area (Å²) in [6.07, 6.45) is 2.99. The standard InChI is InChI=1S/C32H32N4O3/c37-29-16-15-28(31(38)33-29)35-18-23-17-24(13-14-27(23)32(35)39)34-19-25-11-12-26(20-34)36(25)30(21-7-3-1-4-8-21)22-9-5-2-6-10-22/h1-10,13-14,17,25-26,28,30H,11-12,15-16,18-20H2,(H,33,37,38). The Morgan fingerprint density at radius 2 is 1.41 bits per heavy atom. The van der Waals surface area contributed by atoms with Crippen molar-refractivity contribution in [3.63, 3.8) is 0 Å². The number of benzene rings is 3. The Morgan fingerprint density at radius 3 is 2.03 bits per heavy atom. The number of anilines is 1. The van der Waals surface area contributed by atoms with Crippen molar-refractivity contribution in [2.24, 2.45) is 0 Å². The van der Waals surface area contributed by atoms with E-state index in [1.165, 1.54) is 24.0 Å². The molecule has 1 N–H and O–H groups in total. The molecule has 198 valence electrons. The molecule has 7 rings (SSSR count). The zero-order chi connectivity index (χ0) is 26.5. The minimum atomic E-state index is -0.585. The normalized spacial score (nSPS) is 24.8. The van der Waals surface area contributed by atoms with Gasteiger partial charge in [-0.25, -0.2) is 0 Å². The molecule has 3 atom stereocenters. The Hall–Kier alpha value is -3.97. The molecule has 0 aliphatic carbocycles. The molecule has 3 aromatic rings. The molecule has 0 saturated carbocycles. The van der Waals surface area contributed by atoms with Gasteiger partial charge in [-0.3, -0.25) is 24.6 Å². The second-order valence-electron chi connectivity index (χ2n) is 11.2. The van der Waals surface area contributed by atoms with Crippen LogP contribution in [0.15, 0.2) is 78.9 Å². The smallest absolute Gasteiger partial charge is 0.255 e. The van der Waals surface area contributed by atoms with E-state index in [0.29, 0.717) is 30.6 Å². The molecule has 4 aliphatic heterocycles. The van der Waals surface area contributed by atoms with Gasteiger partial charge in [-0.15, -0.1) is 0 Å². The second kappa shape index (κ2) is 9.65. The first-order valence-electron chi connectivity index (χ1n) is 14.0. The van der Waals surface area contributed by atoms with Gasteiger partial charge in [-0.2, -0.15) is 0 Å². The lowest BCUT2D eigenvalue weighted by molar-refractivity contribution is -0.136. The summed E-state index contributed by atoms with van der Waals surface area (Å²) in [5.41, 5.74) is 5.43. The highest BCUT2D eigenvalue weighted by molar-refractivity contribution is 6.05. The Labute approximate surface area is 228 Å². The molecule has 0 aromatic heterocycles. The number of carbonyl (C=O) groups excluding carboxylic acids is 3. The van der Waals surface area contributed by atoms with Gasteiger partial charge in [0.05, 0.1) is 6.04 Å². The molecule has 2 bridgehead atoms. The van der Waals surface area contributed by atoms with Crippen LogP contribution in [-0.2, 0) is 16.1 Å². The van der Waals surface area contributed by atoms with Crippen molar-refractivity contribution < 1.29 is 14.4 Å². The van der Waals surface area contributed by atoms with Gasteiger partial charge in [0.1, 0.15) is 6.04 Å². The maximum atomic E-state index is 13.2. The lowest BCUT2D eigenvalue weighted by atomic mass is 9.94. The van der Waals surface area contributed by atoms with Gasteiger partial charge in [-0.1, -0.05) is 60.7 Å². The van der Waals surface area contributed by atoms with Crippen molar-refractivity contribution in [3.8, 4) is 0 Å². The summed E-state index contributed by atoms with van der Waals surface area (Å²) < 4.78 is 0. The lowest BCUT2D eigenvalue weighted by Crippen LogP contribution is -2.55. The molecular formula is C32H32N4O3. The van der Waals surface area contributed by atoms with Crippen LogP contribution in [0.3, 0.4) is 0 Å². The Kier molecular flexibility index (Phi) is 5.96. The van der Waals surface area contributed by atoms with Crippen LogP contribution in [0.25, 0.3) is 0 Å². The molecule has 0 radical (unpaired) electrons. The minimum Gasteiger partial charge on any atom is -0.368 e. The summed E-state index contributed by atoms with van der Waals surface area (Å²) in [4.78, 5) is 44.0. The quantitative estimate of drug-likeness (QED) is 0.517. The first-order valence-corrected chi connectivity index (χ1v) is 14.0. The maximum Gasteiger partial charge on any atom is 0.255 e. The molecule has 3 saturated heterocycles. The SMILES string of the molecule is O=C1CCC(N2Cc3cc(N4CC5CCC(C4)N5C(c4ccccc4)c4ccccc4)ccc3C2=O)C(=O)N1. The largest absolute Gasteiger partial charge is 0.368 e. The first kappa shape index (κ1) is 24.1. The Bertz CT molecular complexity index is 1370. The zero-order valence-electron chi connectivity index (χ0n) is 21.8. The second-order valence-corrected chi connectivity index (χ2v) is 11.2. The van der Waals surface area contributed by atoms with E-state index in [9.17, 15) is 14.4 Å². The van der Waals surface area contributed by atoms with Crippen LogP contribution in [0.5, 0.6) is 0 Å². The van der Waals surface area contributed by atoms with Crippen molar-refractivity contribution in [1.29, 1.82) is 0 Å². The molecule has 3 unspecified atom stereocenters. The van der Waals surface area contributed by atoms with Gasteiger partial charge >= 0.3 is 0 Å². The van der Waals surface area contributed by atoms with Gasteiger partial charge in [0.15, 0.2) is 0 Å². The number of nitrogens with one attached hydrogen (secondary N) is 1. The molecular weight excluding hydrogens is 488 g/mol. The third kappa shape index (κ3) is 4.21. The summed E-state index contributed by atoms with van der Waals surface area (Å²) in [5, 5.41) is 2.39. The van der Waals surface area contributed by atoms with Crippen LogP contribution in [-0.4, -0.2) is 58.7 Å². The number of imide groups is 1. The van der Waals surface area contributed by atoms with E-state index in [1.807, 2.05) is 6.07 Å². The highest BCUT2D eigenvalue weighted by Crippen LogP contribution is 2.42. The van der Waals surface area contributed by atoms with Crippen LogP contribution in [0.4, 0.5) is 5.69 Å². The molecule has 7 heteroatoms. The molecule has 3 amide bonds. The highest BCUT2D eigenvalue weighted by Gasteiger charge is 2.45. The number of carbonyl (C=O) groups is 3. The molecule has 39 heavy (non-hydrogen) atoms. The van der Waals surface area contributed by atoms with Crippen molar-refractivity contribution in [2.45, 2.75) is 56.4 Å². The number of rotatable bonds is 5. The summed E-state index contributed by atoms with van der Waals surface area (Å²) >= 11 is 0. The van der Waals surface area contributed by atoms with Gasteiger partial charge in [0, 0.05) is 49.4 Å². The maximum absolute atomic E-state index is 13.2. The summed E-state index contributed by atoms with van der Waals surface area (Å²) in [6, 6.07) is 28.3. The highest BCUT2D eigenvalue weighted by atomic mass is 16.2. The number of amides is 3. The van der Waals surface area contributed by atoms with Crippen LogP contribution in [0.2, 0.25) is 0 Å². The van der Waals surface area contributed by atoms with Gasteiger partial charge in [-0.05, 0) is 54.2 Å². The van der Waals surface area contributed by atoms with Crippen molar-refractivity contribution >= 4 is 23.4 Å². The van der Waals surface area contributed by atoms with E-state index in [1.54, 1.807) is 4.90 Å². The summed E-state index contributed by atoms with van der Waals surface area (Å²) in [7, 11) is 0. The number of piperazine rings is 1. The fourth-order valence-corrected chi connectivity index (χ4v) is 7.13. The average Bonchev–Trinajstić information content (AvgIpc) is 3.40. The van der Waals surface area contributed by atoms with E-state index < -0.39 is 6.04 Å². The number of fused-ring (bicyclic) bond motifs is 3. The minimum absolute atomic E-state index is 0.121. The van der Waals surface area contributed by atoms with Crippen LogP contribution >= 0.6 is 0 Å². The number of hydrogen-bond acceptors (Lipinski definition) is 5. The number of hydrogen-bond donors (Lipinski definition) is 1. The molecule has 0 spiro atoms. The molecule has 3 fully saturated rings. The molecule has 4 aliphatic rings.